The van der Waals surface area contributed by atoms with Gasteiger partial charge in [-0.05, 0) is 18.6 Å². The summed E-state index contributed by atoms with van der Waals surface area (Å²) in [5.41, 5.74) is 0.746. The number of non-ortho nitro benzene ring substituents is 1. The van der Waals surface area contributed by atoms with E-state index in [1.54, 1.807) is 13.0 Å². The first-order valence-electron chi connectivity index (χ1n) is 6.37. The van der Waals surface area contributed by atoms with Crippen molar-refractivity contribution in [3.63, 3.8) is 0 Å². The molecular formula is C13H16N2O5. The van der Waals surface area contributed by atoms with E-state index < -0.39 is 11.0 Å². The van der Waals surface area contributed by atoms with Gasteiger partial charge in [0.05, 0.1) is 4.92 Å². The lowest BCUT2D eigenvalue weighted by molar-refractivity contribution is -0.384. The summed E-state index contributed by atoms with van der Waals surface area (Å²) >= 11 is 0. The lowest BCUT2D eigenvalue weighted by atomic mass is 10.1. The normalized spacial score (nSPS) is 15.9. The van der Waals surface area contributed by atoms with Gasteiger partial charge in [-0.2, -0.15) is 0 Å². The van der Waals surface area contributed by atoms with Gasteiger partial charge in [0.1, 0.15) is 11.9 Å². The quantitative estimate of drug-likeness (QED) is 0.678. The van der Waals surface area contributed by atoms with Gasteiger partial charge in [0, 0.05) is 38.1 Å². The van der Waals surface area contributed by atoms with Crippen molar-refractivity contribution in [2.45, 2.75) is 25.9 Å². The number of carbonyl (C=O) groups is 1. The molecule has 1 aliphatic rings. The van der Waals surface area contributed by atoms with Crippen molar-refractivity contribution in [3.8, 4) is 5.75 Å². The van der Waals surface area contributed by atoms with Crippen LogP contribution in [0.4, 0.5) is 10.5 Å². The second-order valence-electron chi connectivity index (χ2n) is 4.79. The number of nitro benzene ring substituents is 1. The molecule has 0 aromatic heterocycles. The van der Waals surface area contributed by atoms with Gasteiger partial charge in [-0.3, -0.25) is 10.1 Å². The molecule has 0 bridgehead atoms. The number of aryl methyl sites for hydroxylation is 1. The second kappa shape index (κ2) is 5.77. The molecule has 7 heteroatoms. The van der Waals surface area contributed by atoms with Crippen LogP contribution < -0.4 is 4.74 Å². The maximum absolute atomic E-state index is 10.8. The Kier molecular flexibility index (Phi) is 4.07. The van der Waals surface area contributed by atoms with Crippen molar-refractivity contribution < 1.29 is 19.6 Å². The first kappa shape index (κ1) is 14.1. The van der Waals surface area contributed by atoms with E-state index in [2.05, 4.69) is 0 Å². The van der Waals surface area contributed by atoms with E-state index in [4.69, 9.17) is 9.84 Å². The van der Waals surface area contributed by atoms with Crippen LogP contribution in [0.5, 0.6) is 5.75 Å². The minimum atomic E-state index is -0.907. The van der Waals surface area contributed by atoms with Gasteiger partial charge in [0.2, 0.25) is 0 Å². The lowest BCUT2D eigenvalue weighted by Gasteiger charge is -2.30. The second-order valence-corrected chi connectivity index (χ2v) is 4.79. The van der Waals surface area contributed by atoms with E-state index in [0.717, 1.165) is 0 Å². The van der Waals surface area contributed by atoms with Gasteiger partial charge in [0.15, 0.2) is 0 Å². The number of ether oxygens (including phenoxy) is 1. The number of amides is 1. The number of piperidine rings is 1. The van der Waals surface area contributed by atoms with Crippen LogP contribution >= 0.6 is 0 Å². The van der Waals surface area contributed by atoms with E-state index in [-0.39, 0.29) is 11.8 Å². The number of likely N-dealkylation sites (tertiary alicyclic amines) is 1. The average molecular weight is 280 g/mol. The molecule has 1 aromatic rings. The van der Waals surface area contributed by atoms with Crippen molar-refractivity contribution in [1.29, 1.82) is 0 Å². The number of rotatable bonds is 3. The summed E-state index contributed by atoms with van der Waals surface area (Å²) in [5, 5.41) is 19.5. The Morgan fingerprint density at radius 3 is 2.60 bits per heavy atom. The molecule has 0 unspecified atom stereocenters. The van der Waals surface area contributed by atoms with Gasteiger partial charge < -0.3 is 14.7 Å². The molecule has 0 atom stereocenters. The molecule has 1 fully saturated rings. The molecule has 1 N–H and O–H groups in total. The molecule has 7 nitrogen and oxygen atoms in total. The van der Waals surface area contributed by atoms with E-state index in [0.29, 0.717) is 37.2 Å². The fourth-order valence-corrected chi connectivity index (χ4v) is 2.22. The minimum Gasteiger partial charge on any atom is -0.490 e. The molecule has 1 aromatic carbocycles. The maximum Gasteiger partial charge on any atom is 0.407 e. The highest BCUT2D eigenvalue weighted by Gasteiger charge is 2.24. The van der Waals surface area contributed by atoms with Crippen molar-refractivity contribution in [2.24, 2.45) is 0 Å². The number of nitrogens with zero attached hydrogens (tertiary/aromatic N) is 2. The van der Waals surface area contributed by atoms with Crippen molar-refractivity contribution in [3.05, 3.63) is 33.9 Å². The molecule has 1 amide bonds. The molecule has 0 saturated carbocycles. The molecule has 20 heavy (non-hydrogen) atoms. The standard InChI is InChI=1S/C13H16N2O5/c1-9-8-10(15(18)19)2-3-12(9)20-11-4-6-14(7-5-11)13(16)17/h2-3,8,11H,4-7H2,1H3,(H,16,17). The molecule has 1 heterocycles. The van der Waals surface area contributed by atoms with Crippen LogP contribution in [0.25, 0.3) is 0 Å². The summed E-state index contributed by atoms with van der Waals surface area (Å²) in [5.74, 6) is 0.615. The number of nitro groups is 1. The summed E-state index contributed by atoms with van der Waals surface area (Å²) in [6.45, 7) is 2.66. The Balaban J connectivity index is 1.98. The van der Waals surface area contributed by atoms with Crippen LogP contribution in [-0.2, 0) is 0 Å². The van der Waals surface area contributed by atoms with Crippen molar-refractivity contribution in [2.75, 3.05) is 13.1 Å². The fraction of sp³-hybridized carbons (Fsp3) is 0.462. The zero-order valence-electron chi connectivity index (χ0n) is 11.1. The van der Waals surface area contributed by atoms with Crippen LogP contribution in [0.15, 0.2) is 18.2 Å². The number of carboxylic acid groups (broad SMARTS) is 1. The highest BCUT2D eigenvalue weighted by molar-refractivity contribution is 5.65. The minimum absolute atomic E-state index is 0.0375. The molecule has 1 saturated heterocycles. The van der Waals surface area contributed by atoms with Crippen molar-refractivity contribution in [1.82, 2.24) is 4.90 Å². The molecule has 0 aliphatic carbocycles. The number of hydrogen-bond donors (Lipinski definition) is 1. The number of hydrogen-bond acceptors (Lipinski definition) is 4. The summed E-state index contributed by atoms with van der Waals surface area (Å²) in [7, 11) is 0. The third-order valence-corrected chi connectivity index (χ3v) is 3.38. The van der Waals surface area contributed by atoms with Crippen LogP contribution in [0, 0.1) is 17.0 Å². The molecule has 0 radical (unpaired) electrons. The monoisotopic (exact) mass is 280 g/mol. The van der Waals surface area contributed by atoms with E-state index in [1.165, 1.54) is 17.0 Å². The molecule has 108 valence electrons. The molecular weight excluding hydrogens is 264 g/mol. The Labute approximate surface area is 115 Å². The van der Waals surface area contributed by atoms with Crippen LogP contribution in [0.2, 0.25) is 0 Å². The predicted octanol–water partition coefficient (Wildman–Crippen LogP) is 2.42. The predicted molar refractivity (Wildman–Crippen MR) is 71.1 cm³/mol. The van der Waals surface area contributed by atoms with Gasteiger partial charge in [-0.15, -0.1) is 0 Å². The average Bonchev–Trinajstić information content (AvgIpc) is 2.41. The van der Waals surface area contributed by atoms with Crippen LogP contribution in [0.1, 0.15) is 18.4 Å². The first-order chi connectivity index (χ1) is 9.47. The fourth-order valence-electron chi connectivity index (χ4n) is 2.22. The van der Waals surface area contributed by atoms with Gasteiger partial charge in [0.25, 0.3) is 5.69 Å². The largest absolute Gasteiger partial charge is 0.490 e. The van der Waals surface area contributed by atoms with E-state index >= 15 is 0 Å². The molecule has 2 rings (SSSR count). The Hall–Kier alpha value is -2.31. The number of benzene rings is 1. The third-order valence-electron chi connectivity index (χ3n) is 3.38. The van der Waals surface area contributed by atoms with Gasteiger partial charge >= 0.3 is 6.09 Å². The van der Waals surface area contributed by atoms with E-state index in [1.807, 2.05) is 0 Å². The lowest BCUT2D eigenvalue weighted by Crippen LogP contribution is -2.41. The maximum atomic E-state index is 10.8. The highest BCUT2D eigenvalue weighted by atomic mass is 16.6. The summed E-state index contributed by atoms with van der Waals surface area (Å²) in [6, 6.07) is 4.48. The van der Waals surface area contributed by atoms with Gasteiger partial charge in [-0.25, -0.2) is 4.79 Å². The zero-order chi connectivity index (χ0) is 14.7. The summed E-state index contributed by atoms with van der Waals surface area (Å²) in [6.07, 6.45) is 0.298. The smallest absolute Gasteiger partial charge is 0.407 e. The zero-order valence-corrected chi connectivity index (χ0v) is 11.1. The third kappa shape index (κ3) is 3.17. The summed E-state index contributed by atoms with van der Waals surface area (Å²) < 4.78 is 5.81. The Bertz CT molecular complexity index is 523. The Morgan fingerprint density at radius 1 is 1.45 bits per heavy atom. The molecule has 0 spiro atoms. The SMILES string of the molecule is Cc1cc([N+](=O)[O-])ccc1OC1CCN(C(=O)O)CC1. The van der Waals surface area contributed by atoms with Crippen molar-refractivity contribution >= 4 is 11.8 Å². The highest BCUT2D eigenvalue weighted by Crippen LogP contribution is 2.26. The Morgan fingerprint density at radius 2 is 2.10 bits per heavy atom. The first-order valence-corrected chi connectivity index (χ1v) is 6.37. The summed E-state index contributed by atoms with van der Waals surface area (Å²) in [4.78, 5) is 22.4. The molecule has 1 aliphatic heterocycles. The van der Waals surface area contributed by atoms with Crippen LogP contribution in [0.3, 0.4) is 0 Å². The van der Waals surface area contributed by atoms with Gasteiger partial charge in [-0.1, -0.05) is 0 Å². The van der Waals surface area contributed by atoms with Crippen LogP contribution in [-0.4, -0.2) is 40.2 Å². The van der Waals surface area contributed by atoms with E-state index in [9.17, 15) is 14.9 Å². The topological polar surface area (TPSA) is 92.9 Å².